The van der Waals surface area contributed by atoms with Gasteiger partial charge in [-0.15, -0.1) is 0 Å². The molecule has 1 unspecified atom stereocenters. The highest BCUT2D eigenvalue weighted by molar-refractivity contribution is 5.63. The molecule has 2 N–H and O–H groups in total. The summed E-state index contributed by atoms with van der Waals surface area (Å²) in [7, 11) is 0. The number of likely N-dealkylation sites (tertiary alicyclic amines) is 1. The molecular weight excluding hydrogens is 334 g/mol. The van der Waals surface area contributed by atoms with Crippen molar-refractivity contribution < 1.29 is 0 Å². The van der Waals surface area contributed by atoms with Crippen LogP contribution in [0.1, 0.15) is 24.0 Å². The minimum absolute atomic E-state index is 0.642. The highest BCUT2D eigenvalue weighted by atomic mass is 15.4. The molecule has 27 heavy (non-hydrogen) atoms. The predicted molar refractivity (Wildman–Crippen MR) is 111 cm³/mol. The second-order valence-electron chi connectivity index (χ2n) is 8.19. The molecule has 3 saturated heterocycles. The van der Waals surface area contributed by atoms with Crippen molar-refractivity contribution in [1.29, 1.82) is 0 Å². The van der Waals surface area contributed by atoms with Crippen LogP contribution in [-0.4, -0.2) is 54.7 Å². The smallest absolute Gasteiger partial charge is 0.135 e. The van der Waals surface area contributed by atoms with Crippen molar-refractivity contribution in [2.75, 3.05) is 42.9 Å². The highest BCUT2D eigenvalue weighted by Gasteiger charge is 2.46. The fourth-order valence-electron chi connectivity index (χ4n) is 4.37. The quantitative estimate of drug-likeness (QED) is 0.826. The molecule has 0 amide bonds. The first-order valence-corrected chi connectivity index (χ1v) is 10.3. The zero-order chi connectivity index (χ0) is 18.2. The molecule has 2 aromatic rings. The number of aromatic nitrogens is 1. The molecule has 4 heterocycles. The minimum atomic E-state index is 0.642. The molecule has 5 heteroatoms. The Morgan fingerprint density at radius 2 is 1.93 bits per heavy atom. The van der Waals surface area contributed by atoms with E-state index in [1.807, 2.05) is 0 Å². The van der Waals surface area contributed by atoms with E-state index in [-0.39, 0.29) is 0 Å². The van der Waals surface area contributed by atoms with Gasteiger partial charge in [0, 0.05) is 31.4 Å². The fourth-order valence-corrected chi connectivity index (χ4v) is 4.37. The van der Waals surface area contributed by atoms with Gasteiger partial charge in [0.05, 0.1) is 6.04 Å². The van der Waals surface area contributed by atoms with Gasteiger partial charge in [-0.2, -0.15) is 0 Å². The van der Waals surface area contributed by atoms with E-state index in [4.69, 9.17) is 4.98 Å². The van der Waals surface area contributed by atoms with Crippen molar-refractivity contribution in [3.8, 4) is 0 Å². The first-order chi connectivity index (χ1) is 13.3. The molecule has 5 rings (SSSR count). The van der Waals surface area contributed by atoms with Crippen LogP contribution in [0.3, 0.4) is 0 Å². The van der Waals surface area contributed by atoms with Crippen molar-refractivity contribution in [3.63, 3.8) is 0 Å². The Morgan fingerprint density at radius 1 is 1.11 bits per heavy atom. The molecular formula is C22H29N5. The van der Waals surface area contributed by atoms with Gasteiger partial charge < -0.3 is 20.4 Å². The van der Waals surface area contributed by atoms with E-state index in [2.05, 4.69) is 63.8 Å². The Hall–Kier alpha value is -2.11. The summed E-state index contributed by atoms with van der Waals surface area (Å²) >= 11 is 0. The summed E-state index contributed by atoms with van der Waals surface area (Å²) in [4.78, 5) is 9.88. The molecule has 3 aliphatic rings. The third-order valence-corrected chi connectivity index (χ3v) is 6.36. The van der Waals surface area contributed by atoms with Crippen molar-refractivity contribution >= 4 is 17.3 Å². The van der Waals surface area contributed by atoms with Crippen molar-refractivity contribution in [1.82, 2.24) is 15.2 Å². The van der Waals surface area contributed by atoms with Crippen LogP contribution in [0, 0.1) is 6.92 Å². The first-order valence-electron chi connectivity index (χ1n) is 10.3. The second-order valence-corrected chi connectivity index (χ2v) is 8.19. The van der Waals surface area contributed by atoms with E-state index in [1.165, 1.54) is 43.6 Å². The van der Waals surface area contributed by atoms with Gasteiger partial charge in [0.1, 0.15) is 11.6 Å². The number of nitrogens with zero attached hydrogens (tertiary/aromatic N) is 3. The summed E-state index contributed by atoms with van der Waals surface area (Å²) in [6, 6.07) is 14.5. The van der Waals surface area contributed by atoms with Gasteiger partial charge in [-0.05, 0) is 68.6 Å². The maximum atomic E-state index is 4.90. The lowest BCUT2D eigenvalue weighted by atomic mass is 9.89. The van der Waals surface area contributed by atoms with E-state index in [0.717, 1.165) is 36.8 Å². The lowest BCUT2D eigenvalue weighted by Gasteiger charge is -2.56. The van der Waals surface area contributed by atoms with E-state index >= 15 is 0 Å². The second kappa shape index (κ2) is 7.13. The predicted octanol–water partition coefficient (Wildman–Crippen LogP) is 2.93. The molecule has 3 aliphatic heterocycles. The summed E-state index contributed by atoms with van der Waals surface area (Å²) in [5.41, 5.74) is 3.70. The first kappa shape index (κ1) is 17.0. The van der Waals surface area contributed by atoms with Gasteiger partial charge in [-0.25, -0.2) is 4.98 Å². The average Bonchev–Trinajstić information content (AvgIpc) is 3.19. The molecule has 5 nitrogen and oxygen atoms in total. The number of benzene rings is 1. The molecule has 0 aliphatic carbocycles. The van der Waals surface area contributed by atoms with E-state index in [1.54, 1.807) is 0 Å². The van der Waals surface area contributed by atoms with Crippen molar-refractivity contribution in [2.45, 2.75) is 38.3 Å². The number of hydrogen-bond acceptors (Lipinski definition) is 5. The number of aryl methyl sites for hydroxylation is 1. The van der Waals surface area contributed by atoms with Crippen LogP contribution in [0.25, 0.3) is 0 Å². The van der Waals surface area contributed by atoms with E-state index in [0.29, 0.717) is 12.1 Å². The summed E-state index contributed by atoms with van der Waals surface area (Å²) in [5, 5.41) is 6.98. The number of anilines is 3. The number of nitrogens with one attached hydrogen (secondary N) is 2. The largest absolute Gasteiger partial charge is 0.349 e. The minimum Gasteiger partial charge on any atom is -0.349 e. The van der Waals surface area contributed by atoms with Crippen molar-refractivity contribution in [2.24, 2.45) is 0 Å². The SMILES string of the molecule is Cc1ccc(N2C[C@H]3NCC32)nc1Nc1ccc(CCN2CCCC2)cc1. The number of piperazine rings is 1. The maximum Gasteiger partial charge on any atom is 0.135 e. The van der Waals surface area contributed by atoms with Gasteiger partial charge in [0.2, 0.25) is 0 Å². The number of hydrogen-bond donors (Lipinski definition) is 2. The van der Waals surface area contributed by atoms with Crippen LogP contribution in [0.2, 0.25) is 0 Å². The Labute approximate surface area is 161 Å². The van der Waals surface area contributed by atoms with Gasteiger partial charge in [0.25, 0.3) is 0 Å². The van der Waals surface area contributed by atoms with E-state index in [9.17, 15) is 0 Å². The molecule has 3 fully saturated rings. The van der Waals surface area contributed by atoms with Crippen LogP contribution in [0.15, 0.2) is 36.4 Å². The molecule has 0 saturated carbocycles. The van der Waals surface area contributed by atoms with Gasteiger partial charge in [-0.3, -0.25) is 0 Å². The zero-order valence-corrected chi connectivity index (χ0v) is 16.1. The normalized spacial score (nSPS) is 24.3. The van der Waals surface area contributed by atoms with Crippen molar-refractivity contribution in [3.05, 3.63) is 47.5 Å². The summed E-state index contributed by atoms with van der Waals surface area (Å²) in [6.07, 6.45) is 3.87. The summed E-state index contributed by atoms with van der Waals surface area (Å²) in [6.45, 7) is 8.01. The summed E-state index contributed by atoms with van der Waals surface area (Å²) in [5.74, 6) is 2.06. The maximum absolute atomic E-state index is 4.90. The highest BCUT2D eigenvalue weighted by Crippen LogP contribution is 2.31. The van der Waals surface area contributed by atoms with E-state index < -0.39 is 0 Å². The Kier molecular flexibility index (Phi) is 4.50. The lowest BCUT2D eigenvalue weighted by Crippen LogP contribution is -2.78. The number of pyridine rings is 1. The van der Waals surface area contributed by atoms with Crippen LogP contribution in [0.5, 0.6) is 0 Å². The molecule has 0 spiro atoms. The van der Waals surface area contributed by atoms with Gasteiger partial charge in [-0.1, -0.05) is 18.2 Å². The molecule has 142 valence electrons. The Bertz CT molecular complexity index is 797. The molecule has 1 aromatic carbocycles. The monoisotopic (exact) mass is 363 g/mol. The zero-order valence-electron chi connectivity index (χ0n) is 16.1. The Balaban J connectivity index is 1.23. The molecule has 2 atom stereocenters. The standard InChI is InChI=1S/C22H29N5/c1-16-4-9-21(27-15-19-20(27)14-23-19)25-22(16)24-18-7-5-17(6-8-18)10-13-26-11-2-3-12-26/h4-9,19-20,23H,2-3,10-15H2,1H3,(H,24,25)/t19-,20?/m1/s1. The number of fused-ring (bicyclic) bond motifs is 1. The molecule has 1 aromatic heterocycles. The lowest BCUT2D eigenvalue weighted by molar-refractivity contribution is 0.211. The molecule has 0 radical (unpaired) electrons. The topological polar surface area (TPSA) is 43.4 Å². The summed E-state index contributed by atoms with van der Waals surface area (Å²) < 4.78 is 0. The van der Waals surface area contributed by atoms with Crippen LogP contribution < -0.4 is 15.5 Å². The third kappa shape index (κ3) is 3.42. The molecule has 0 bridgehead atoms. The van der Waals surface area contributed by atoms with Gasteiger partial charge in [0.15, 0.2) is 0 Å². The third-order valence-electron chi connectivity index (χ3n) is 6.36. The fraction of sp³-hybridized carbons (Fsp3) is 0.500. The average molecular weight is 364 g/mol. The van der Waals surface area contributed by atoms with Gasteiger partial charge >= 0.3 is 0 Å². The van der Waals surface area contributed by atoms with Crippen LogP contribution in [-0.2, 0) is 6.42 Å². The van der Waals surface area contributed by atoms with Crippen LogP contribution >= 0.6 is 0 Å². The number of rotatable bonds is 6. The Morgan fingerprint density at radius 3 is 2.59 bits per heavy atom. The van der Waals surface area contributed by atoms with Crippen LogP contribution in [0.4, 0.5) is 17.3 Å².